The van der Waals surface area contributed by atoms with Crippen LogP contribution < -0.4 is 36.6 Å². The third-order valence-corrected chi connectivity index (χ3v) is 18.6. The van der Waals surface area contributed by atoms with Crippen LogP contribution in [0.1, 0.15) is 45.1 Å². The molecule has 1 aromatic heterocycles. The molecule has 6 heteroatoms. The maximum Gasteiger partial charge on any atom is 0.252 e. The van der Waals surface area contributed by atoms with Crippen molar-refractivity contribution in [2.24, 2.45) is 0 Å². The van der Waals surface area contributed by atoms with E-state index < -0.39 is 16.1 Å². The van der Waals surface area contributed by atoms with Crippen molar-refractivity contribution in [2.45, 2.75) is 89.8 Å². The smallest absolute Gasteiger partial charge is 0.252 e. The highest BCUT2D eigenvalue weighted by molar-refractivity contribution is 7.01. The van der Waals surface area contributed by atoms with Gasteiger partial charge in [-0.2, -0.15) is 0 Å². The highest BCUT2D eigenvalue weighted by Gasteiger charge is 2.61. The number of hydrogen-bond donors (Lipinski definition) is 0. The Bertz CT molecular complexity index is 2740. The number of anilines is 5. The molecule has 3 aliphatic heterocycles. The molecular formula is C50H52BN3Si2. The fourth-order valence-corrected chi connectivity index (χ4v) is 13.8. The Morgan fingerprint density at radius 1 is 0.589 bits per heavy atom. The molecule has 1 fully saturated rings. The first kappa shape index (κ1) is 34.5. The Morgan fingerprint density at radius 2 is 1.23 bits per heavy atom. The SMILES string of the molecule is CC12CCCCC1(C)N1c3cc(N(c4ccccc4)c4ccccc4)cc4c3B(c3cccc2c31)c1cc([Si](C)(C)C)cc2c3cc([Si](C)(C)C)ccc3n-4c12. The maximum absolute atomic E-state index is 2.88. The number of hydrogen-bond acceptors (Lipinski definition) is 2. The number of para-hydroxylation sites is 3. The quantitative estimate of drug-likeness (QED) is 0.162. The summed E-state index contributed by atoms with van der Waals surface area (Å²) in [5, 5.41) is 5.92. The molecule has 2 unspecified atom stereocenters. The van der Waals surface area contributed by atoms with Crippen LogP contribution in [0, 0.1) is 0 Å². The van der Waals surface area contributed by atoms with Gasteiger partial charge in [0.15, 0.2) is 0 Å². The van der Waals surface area contributed by atoms with Crippen LogP contribution in [-0.4, -0.2) is 33.0 Å². The zero-order chi connectivity index (χ0) is 38.5. The summed E-state index contributed by atoms with van der Waals surface area (Å²) in [7, 11) is -3.28. The van der Waals surface area contributed by atoms with Gasteiger partial charge in [0.05, 0.1) is 32.9 Å². The Balaban J connectivity index is 1.33. The fraction of sp³-hybridized carbons (Fsp3) is 0.280. The third-order valence-electron chi connectivity index (χ3n) is 14.6. The summed E-state index contributed by atoms with van der Waals surface area (Å²) in [5.74, 6) is 0. The molecule has 6 aromatic carbocycles. The average Bonchev–Trinajstić information content (AvgIpc) is 3.62. The van der Waals surface area contributed by atoms with E-state index in [1.54, 1.807) is 10.8 Å². The van der Waals surface area contributed by atoms with Gasteiger partial charge < -0.3 is 14.4 Å². The minimum atomic E-state index is -1.70. The first-order valence-corrected chi connectivity index (χ1v) is 27.9. The van der Waals surface area contributed by atoms with Gasteiger partial charge in [-0.15, -0.1) is 0 Å². The molecule has 1 aliphatic carbocycles. The van der Waals surface area contributed by atoms with E-state index in [9.17, 15) is 0 Å². The number of fused-ring (bicyclic) bond motifs is 10. The minimum absolute atomic E-state index is 0.0356. The van der Waals surface area contributed by atoms with Crippen molar-refractivity contribution in [2.75, 3.05) is 9.80 Å². The summed E-state index contributed by atoms with van der Waals surface area (Å²) in [6.07, 6.45) is 4.97. The Morgan fingerprint density at radius 3 is 1.91 bits per heavy atom. The van der Waals surface area contributed by atoms with Crippen molar-refractivity contribution < 1.29 is 0 Å². The summed E-state index contributed by atoms with van der Waals surface area (Å²) in [5.41, 5.74) is 16.6. The Hall–Kier alpha value is -4.78. The summed E-state index contributed by atoms with van der Waals surface area (Å²) in [6, 6.07) is 47.3. The second-order valence-corrected chi connectivity index (χ2v) is 29.9. The molecule has 0 amide bonds. The molecule has 56 heavy (non-hydrogen) atoms. The lowest BCUT2D eigenvalue weighted by Crippen LogP contribution is -2.64. The number of aromatic nitrogens is 1. The molecule has 0 N–H and O–H groups in total. The lowest BCUT2D eigenvalue weighted by molar-refractivity contribution is 0.195. The predicted octanol–water partition coefficient (Wildman–Crippen LogP) is 10.2. The molecule has 7 aromatic rings. The molecule has 0 radical (unpaired) electrons. The topological polar surface area (TPSA) is 11.4 Å². The highest BCUT2D eigenvalue weighted by atomic mass is 28.3. The standard InChI is InChI=1S/C50H52BN3Si2/c1-49-26-15-16-27-50(49,2)54-45-29-35(52(33-18-11-9-12-19-33)34-20-13-10-14-21-34)28-44-46(45)51(41-23-17-22-40(49)48(41)54)42-32-37(56(6,7)8)31-39-38-30-36(55(3,4)5)24-25-43(38)53(44)47(39)42/h9-14,17-25,28-32H,15-16,26-27H2,1-8H3. The van der Waals surface area contributed by atoms with Gasteiger partial charge in [-0.3, -0.25) is 0 Å². The molecule has 2 atom stereocenters. The van der Waals surface area contributed by atoms with Crippen LogP contribution in [0.15, 0.2) is 121 Å². The van der Waals surface area contributed by atoms with E-state index in [-0.39, 0.29) is 17.7 Å². The molecule has 0 bridgehead atoms. The van der Waals surface area contributed by atoms with Crippen LogP contribution in [0.2, 0.25) is 39.3 Å². The number of rotatable bonds is 5. The van der Waals surface area contributed by atoms with E-state index >= 15 is 0 Å². The van der Waals surface area contributed by atoms with Gasteiger partial charge >= 0.3 is 0 Å². The lowest BCUT2D eigenvalue weighted by Gasteiger charge is -2.52. The molecule has 278 valence electrons. The molecule has 3 nitrogen and oxygen atoms in total. The van der Waals surface area contributed by atoms with Crippen molar-refractivity contribution >= 4 is 99.9 Å². The zero-order valence-corrected chi connectivity index (χ0v) is 36.3. The second kappa shape index (κ2) is 11.4. The summed E-state index contributed by atoms with van der Waals surface area (Å²) in [6.45, 7) is 20.4. The summed E-state index contributed by atoms with van der Waals surface area (Å²) >= 11 is 0. The largest absolute Gasteiger partial charge is 0.335 e. The van der Waals surface area contributed by atoms with Crippen molar-refractivity contribution in [1.82, 2.24) is 4.57 Å². The maximum atomic E-state index is 2.88. The molecular weight excluding hydrogens is 710 g/mol. The molecule has 11 rings (SSSR count). The van der Waals surface area contributed by atoms with E-state index in [1.165, 1.54) is 103 Å². The van der Waals surface area contributed by atoms with Gasteiger partial charge in [0.25, 0.3) is 6.71 Å². The normalized spacial score (nSPS) is 20.6. The number of nitrogens with zero attached hydrogens (tertiary/aromatic N) is 3. The summed E-state index contributed by atoms with van der Waals surface area (Å²) < 4.78 is 2.70. The summed E-state index contributed by atoms with van der Waals surface area (Å²) in [4.78, 5) is 5.37. The van der Waals surface area contributed by atoms with Gasteiger partial charge in [0.1, 0.15) is 0 Å². The molecule has 0 saturated heterocycles. The van der Waals surface area contributed by atoms with Crippen LogP contribution in [-0.2, 0) is 5.41 Å². The average molecular weight is 762 g/mol. The van der Waals surface area contributed by atoms with Crippen molar-refractivity contribution in [3.05, 3.63) is 127 Å². The van der Waals surface area contributed by atoms with Crippen LogP contribution in [0.5, 0.6) is 0 Å². The van der Waals surface area contributed by atoms with Crippen LogP contribution in [0.3, 0.4) is 0 Å². The van der Waals surface area contributed by atoms with Gasteiger partial charge in [-0.25, -0.2) is 0 Å². The van der Waals surface area contributed by atoms with E-state index in [4.69, 9.17) is 0 Å². The van der Waals surface area contributed by atoms with E-state index in [0.717, 1.165) is 0 Å². The van der Waals surface area contributed by atoms with E-state index in [2.05, 4.69) is 189 Å². The first-order valence-electron chi connectivity index (χ1n) is 20.9. The minimum Gasteiger partial charge on any atom is -0.335 e. The molecule has 0 spiro atoms. The van der Waals surface area contributed by atoms with Crippen LogP contribution in [0.4, 0.5) is 28.4 Å². The second-order valence-electron chi connectivity index (χ2n) is 19.8. The van der Waals surface area contributed by atoms with Crippen LogP contribution in [0.25, 0.3) is 27.5 Å². The van der Waals surface area contributed by atoms with Crippen molar-refractivity contribution in [3.8, 4) is 5.69 Å². The van der Waals surface area contributed by atoms with Crippen LogP contribution >= 0.6 is 0 Å². The number of benzene rings is 6. The third kappa shape index (κ3) is 4.46. The van der Waals surface area contributed by atoms with Gasteiger partial charge in [-0.1, -0.05) is 148 Å². The Labute approximate surface area is 335 Å². The van der Waals surface area contributed by atoms with E-state index in [1.807, 2.05) is 0 Å². The van der Waals surface area contributed by atoms with Gasteiger partial charge in [0, 0.05) is 50.1 Å². The van der Waals surface area contributed by atoms with Gasteiger partial charge in [0.2, 0.25) is 0 Å². The highest BCUT2D eigenvalue weighted by Crippen LogP contribution is 2.61. The first-order chi connectivity index (χ1) is 26.8. The van der Waals surface area contributed by atoms with Crippen molar-refractivity contribution in [3.63, 3.8) is 0 Å². The molecule has 1 saturated carbocycles. The van der Waals surface area contributed by atoms with E-state index in [0.29, 0.717) is 0 Å². The lowest BCUT2D eigenvalue weighted by atomic mass is 9.33. The fourth-order valence-electron chi connectivity index (χ4n) is 11.4. The predicted molar refractivity (Wildman–Crippen MR) is 249 cm³/mol. The monoisotopic (exact) mass is 761 g/mol. The molecule has 4 heterocycles. The Kier molecular flexibility index (Phi) is 7.03. The molecule has 4 aliphatic rings. The zero-order valence-electron chi connectivity index (χ0n) is 34.3. The van der Waals surface area contributed by atoms with Gasteiger partial charge in [-0.05, 0) is 84.2 Å². The van der Waals surface area contributed by atoms with Crippen molar-refractivity contribution in [1.29, 1.82) is 0 Å².